The van der Waals surface area contributed by atoms with Crippen LogP contribution in [0.25, 0.3) is 11.4 Å². The second-order valence-corrected chi connectivity index (χ2v) is 12.2. The Morgan fingerprint density at radius 3 is 1.12 bits per heavy atom. The highest BCUT2D eigenvalue weighted by Gasteiger charge is 2.04. The summed E-state index contributed by atoms with van der Waals surface area (Å²) in [5.74, 6) is 2.40. The molecule has 0 fully saturated rings. The molecular weight excluding hydrogens is 516 g/mol. The Kier molecular flexibility index (Phi) is 22.8. The summed E-state index contributed by atoms with van der Waals surface area (Å²) in [6.07, 6.45) is 36.2. The van der Waals surface area contributed by atoms with Crippen LogP contribution in [0.2, 0.25) is 0 Å². The lowest BCUT2D eigenvalue weighted by molar-refractivity contribution is 0.302. The van der Waals surface area contributed by atoms with Crippen molar-refractivity contribution in [2.24, 2.45) is 0 Å². The molecule has 0 N–H and O–H groups in total. The number of aromatic nitrogens is 2. The van der Waals surface area contributed by atoms with E-state index in [0.29, 0.717) is 0 Å². The zero-order chi connectivity index (χ0) is 29.8. The van der Waals surface area contributed by atoms with Gasteiger partial charge in [-0.05, 0) is 37.1 Å². The fourth-order valence-electron chi connectivity index (χ4n) is 5.51. The van der Waals surface area contributed by atoms with Crippen LogP contribution in [-0.4, -0.2) is 23.2 Å². The summed E-state index contributed by atoms with van der Waals surface area (Å²) in [6.45, 7) is 6.10. The number of benzene rings is 1. The third-order valence-corrected chi connectivity index (χ3v) is 8.27. The van der Waals surface area contributed by atoms with E-state index < -0.39 is 0 Å². The molecule has 1 aromatic heterocycles. The Labute approximate surface area is 259 Å². The van der Waals surface area contributed by atoms with Crippen LogP contribution in [0, 0.1) is 0 Å². The van der Waals surface area contributed by atoms with E-state index >= 15 is 0 Å². The molecule has 238 valence electrons. The highest BCUT2D eigenvalue weighted by Crippen LogP contribution is 2.21. The van der Waals surface area contributed by atoms with Crippen molar-refractivity contribution in [1.29, 1.82) is 0 Å². The van der Waals surface area contributed by atoms with Crippen molar-refractivity contribution in [2.75, 3.05) is 13.2 Å². The van der Waals surface area contributed by atoms with E-state index in [1.165, 1.54) is 141 Å². The summed E-state index contributed by atoms with van der Waals surface area (Å²) >= 11 is 0. The van der Waals surface area contributed by atoms with Crippen molar-refractivity contribution in [2.45, 2.75) is 168 Å². The van der Waals surface area contributed by atoms with Gasteiger partial charge in [0, 0.05) is 5.56 Å². The van der Waals surface area contributed by atoms with Gasteiger partial charge >= 0.3 is 0 Å². The molecule has 0 aliphatic carbocycles. The van der Waals surface area contributed by atoms with E-state index in [9.17, 15) is 0 Å². The maximum atomic E-state index is 5.96. The van der Waals surface area contributed by atoms with Crippen molar-refractivity contribution >= 4 is 0 Å². The summed E-state index contributed by atoms with van der Waals surface area (Å²) in [5, 5.41) is 0. The molecule has 0 radical (unpaired) electrons. The molecule has 4 heteroatoms. The summed E-state index contributed by atoms with van der Waals surface area (Å²) in [6, 6.07) is 8.13. The molecule has 0 unspecified atom stereocenters. The van der Waals surface area contributed by atoms with Crippen molar-refractivity contribution in [1.82, 2.24) is 9.97 Å². The molecule has 4 nitrogen and oxygen atoms in total. The second-order valence-electron chi connectivity index (χ2n) is 12.2. The Hall–Kier alpha value is -2.10. The SMILES string of the molecule is CCCCCCCCCCCCCCOc1ccc(-c2ncc(OCCCCCCCCCCCCCC)cn2)cc1. The van der Waals surface area contributed by atoms with Crippen molar-refractivity contribution in [3.63, 3.8) is 0 Å². The molecular formula is C38H64N2O2. The normalized spacial score (nSPS) is 11.2. The first-order valence-electron chi connectivity index (χ1n) is 18.0. The molecule has 0 atom stereocenters. The zero-order valence-corrected chi connectivity index (χ0v) is 27.6. The Balaban J connectivity index is 1.45. The largest absolute Gasteiger partial charge is 0.494 e. The van der Waals surface area contributed by atoms with Gasteiger partial charge in [0.05, 0.1) is 25.6 Å². The fraction of sp³-hybridized carbons (Fsp3) is 0.737. The lowest BCUT2D eigenvalue weighted by Crippen LogP contribution is -1.99. The van der Waals surface area contributed by atoms with Crippen LogP contribution in [0.15, 0.2) is 36.7 Å². The lowest BCUT2D eigenvalue weighted by Gasteiger charge is -2.08. The van der Waals surface area contributed by atoms with Gasteiger partial charge in [0.1, 0.15) is 5.75 Å². The molecule has 2 aromatic rings. The third-order valence-electron chi connectivity index (χ3n) is 8.27. The van der Waals surface area contributed by atoms with E-state index in [1.807, 2.05) is 24.3 Å². The molecule has 0 amide bonds. The number of unbranched alkanes of at least 4 members (excludes halogenated alkanes) is 22. The minimum atomic E-state index is 0.722. The van der Waals surface area contributed by atoms with Crippen LogP contribution in [-0.2, 0) is 0 Å². The quantitative estimate of drug-likeness (QED) is 0.0898. The minimum Gasteiger partial charge on any atom is -0.494 e. The Bertz CT molecular complexity index is 766. The summed E-state index contributed by atoms with van der Waals surface area (Å²) < 4.78 is 11.8. The first-order valence-corrected chi connectivity index (χ1v) is 18.0. The molecule has 0 spiro atoms. The highest BCUT2D eigenvalue weighted by atomic mass is 16.5. The standard InChI is InChI=1S/C38H64N2O2/c1-3-5-7-9-11-13-15-17-19-21-23-25-31-41-36-29-27-35(28-30-36)38-39-33-37(34-40-38)42-32-26-24-22-20-18-16-14-12-10-8-6-4-2/h27-30,33-34H,3-26,31-32H2,1-2H3. The van der Waals surface area contributed by atoms with Crippen LogP contribution in [0.5, 0.6) is 11.5 Å². The lowest BCUT2D eigenvalue weighted by atomic mass is 10.1. The Morgan fingerprint density at radius 2 is 0.738 bits per heavy atom. The van der Waals surface area contributed by atoms with Crippen molar-refractivity contribution in [3.8, 4) is 22.9 Å². The van der Waals surface area contributed by atoms with Gasteiger partial charge in [0.15, 0.2) is 11.6 Å². The molecule has 0 aliphatic rings. The number of hydrogen-bond donors (Lipinski definition) is 0. The number of rotatable bonds is 29. The van der Waals surface area contributed by atoms with Crippen LogP contribution in [0.4, 0.5) is 0 Å². The first kappa shape index (κ1) is 36.1. The van der Waals surface area contributed by atoms with Gasteiger partial charge in [-0.2, -0.15) is 0 Å². The predicted molar refractivity (Wildman–Crippen MR) is 181 cm³/mol. The van der Waals surface area contributed by atoms with E-state index in [1.54, 1.807) is 12.4 Å². The molecule has 1 heterocycles. The van der Waals surface area contributed by atoms with Gasteiger partial charge in [0.25, 0.3) is 0 Å². The number of ether oxygens (including phenoxy) is 2. The molecule has 0 saturated carbocycles. The summed E-state index contributed by atoms with van der Waals surface area (Å²) in [5.41, 5.74) is 1.00. The zero-order valence-electron chi connectivity index (χ0n) is 27.6. The fourth-order valence-corrected chi connectivity index (χ4v) is 5.51. The van der Waals surface area contributed by atoms with Gasteiger partial charge in [-0.3, -0.25) is 0 Å². The molecule has 0 bridgehead atoms. The molecule has 42 heavy (non-hydrogen) atoms. The van der Waals surface area contributed by atoms with Gasteiger partial charge in [-0.1, -0.05) is 155 Å². The first-order chi connectivity index (χ1) is 20.8. The van der Waals surface area contributed by atoms with Crippen molar-refractivity contribution in [3.05, 3.63) is 36.7 Å². The third kappa shape index (κ3) is 19.2. The van der Waals surface area contributed by atoms with Gasteiger partial charge < -0.3 is 9.47 Å². The van der Waals surface area contributed by atoms with E-state index in [2.05, 4.69) is 23.8 Å². The second kappa shape index (κ2) is 26.5. The molecule has 0 saturated heterocycles. The number of hydrogen-bond acceptors (Lipinski definition) is 4. The highest BCUT2D eigenvalue weighted by molar-refractivity contribution is 5.56. The monoisotopic (exact) mass is 580 g/mol. The van der Waals surface area contributed by atoms with Gasteiger partial charge in [-0.25, -0.2) is 9.97 Å². The van der Waals surface area contributed by atoms with Gasteiger partial charge in [0.2, 0.25) is 0 Å². The summed E-state index contributed by atoms with van der Waals surface area (Å²) in [7, 11) is 0. The average Bonchev–Trinajstić information content (AvgIpc) is 3.02. The van der Waals surface area contributed by atoms with Crippen LogP contribution < -0.4 is 9.47 Å². The smallest absolute Gasteiger partial charge is 0.159 e. The average molecular weight is 581 g/mol. The maximum Gasteiger partial charge on any atom is 0.159 e. The molecule has 0 aliphatic heterocycles. The van der Waals surface area contributed by atoms with Crippen molar-refractivity contribution < 1.29 is 9.47 Å². The molecule has 1 aromatic carbocycles. The van der Waals surface area contributed by atoms with E-state index in [0.717, 1.165) is 48.9 Å². The topological polar surface area (TPSA) is 44.2 Å². The Morgan fingerprint density at radius 1 is 0.405 bits per heavy atom. The van der Waals surface area contributed by atoms with Crippen LogP contribution in [0.1, 0.15) is 168 Å². The predicted octanol–water partition coefficient (Wildman–Crippen LogP) is 12.3. The van der Waals surface area contributed by atoms with E-state index in [4.69, 9.17) is 9.47 Å². The molecule has 2 rings (SSSR count). The summed E-state index contributed by atoms with van der Waals surface area (Å²) in [4.78, 5) is 9.04. The van der Waals surface area contributed by atoms with Crippen LogP contribution in [0.3, 0.4) is 0 Å². The van der Waals surface area contributed by atoms with E-state index in [-0.39, 0.29) is 0 Å². The number of nitrogens with zero attached hydrogens (tertiary/aromatic N) is 2. The maximum absolute atomic E-state index is 5.96. The van der Waals surface area contributed by atoms with Gasteiger partial charge in [-0.15, -0.1) is 0 Å². The minimum absolute atomic E-state index is 0.722. The van der Waals surface area contributed by atoms with Crippen LogP contribution >= 0.6 is 0 Å².